The lowest BCUT2D eigenvalue weighted by molar-refractivity contribution is 0.980. The maximum atomic E-state index is 3.81. The Balaban J connectivity index is 0.000000127. The number of rotatable bonds is 0. The minimum atomic E-state index is 0.259. The molecule has 0 spiro atoms. The maximum absolute atomic E-state index is 3.81. The summed E-state index contributed by atoms with van der Waals surface area (Å²) in [6.45, 7) is 0. The van der Waals surface area contributed by atoms with Crippen molar-refractivity contribution in [2.45, 2.75) is 0 Å². The highest BCUT2D eigenvalue weighted by Gasteiger charge is 1.68. The van der Waals surface area contributed by atoms with E-state index < -0.39 is 0 Å². The van der Waals surface area contributed by atoms with E-state index in [9.17, 15) is 0 Å². The molecule has 1 aliphatic heterocycles. The van der Waals surface area contributed by atoms with Crippen molar-refractivity contribution in [3.63, 3.8) is 0 Å². The summed E-state index contributed by atoms with van der Waals surface area (Å²) in [6.07, 6.45) is 11.0. The standard InChI is InChI=1S/C5H6N2.C2H4N2Si/c1-2-4-6-7-5-3-1;1-2-5-4-3-1/h1-6H;1-3,5H. The number of hydrazone groups is 1. The van der Waals surface area contributed by atoms with E-state index in [-0.39, 0.29) is 9.29 Å². The minimum absolute atomic E-state index is 0.259. The molecule has 2 heterocycles. The SMILES string of the molecule is C1=CC=NNC=C1.c1c[siH]n[nH]1. The Morgan fingerprint density at radius 2 is 2.17 bits per heavy atom. The van der Waals surface area contributed by atoms with Gasteiger partial charge in [0.1, 0.15) is 0 Å². The van der Waals surface area contributed by atoms with Gasteiger partial charge in [-0.05, 0) is 17.8 Å². The lowest BCUT2D eigenvalue weighted by Gasteiger charge is -1.78. The van der Waals surface area contributed by atoms with Crippen LogP contribution in [-0.4, -0.2) is 25.4 Å². The monoisotopic (exact) mass is 178 g/mol. The second kappa shape index (κ2) is 6.23. The summed E-state index contributed by atoms with van der Waals surface area (Å²) in [5.41, 5.74) is 4.72. The van der Waals surface area contributed by atoms with E-state index in [4.69, 9.17) is 0 Å². The highest BCUT2D eigenvalue weighted by molar-refractivity contribution is 6.19. The molecule has 1 aromatic rings. The Kier molecular flexibility index (Phi) is 4.47. The molecule has 0 fully saturated rings. The van der Waals surface area contributed by atoms with Gasteiger partial charge in [-0.15, -0.1) is 0 Å². The second-order valence-corrected chi connectivity index (χ2v) is 2.86. The van der Waals surface area contributed by atoms with Crippen molar-refractivity contribution >= 4 is 15.5 Å². The molecular weight excluding hydrogens is 168 g/mol. The molecule has 0 bridgehead atoms. The predicted octanol–water partition coefficient (Wildman–Crippen LogP) is 0.125. The van der Waals surface area contributed by atoms with Crippen LogP contribution in [0.3, 0.4) is 0 Å². The number of hydrogen-bond acceptors (Lipinski definition) is 3. The van der Waals surface area contributed by atoms with E-state index in [1.807, 2.05) is 30.1 Å². The zero-order valence-electron chi connectivity index (χ0n) is 6.51. The number of nitrogens with one attached hydrogen (secondary N) is 2. The molecule has 0 unspecified atom stereocenters. The normalized spacial score (nSPS) is 12.7. The average Bonchev–Trinajstić information content (AvgIpc) is 2.54. The van der Waals surface area contributed by atoms with E-state index in [0.29, 0.717) is 0 Å². The van der Waals surface area contributed by atoms with E-state index in [1.165, 1.54) is 0 Å². The van der Waals surface area contributed by atoms with Crippen molar-refractivity contribution in [2.24, 2.45) is 5.10 Å². The summed E-state index contributed by atoms with van der Waals surface area (Å²) in [5.74, 6) is 0. The minimum Gasteiger partial charge on any atom is -0.296 e. The van der Waals surface area contributed by atoms with Gasteiger partial charge in [-0.2, -0.15) is 5.10 Å². The highest BCUT2D eigenvalue weighted by Crippen LogP contribution is 1.76. The molecule has 0 saturated heterocycles. The van der Waals surface area contributed by atoms with Crippen LogP contribution in [0.2, 0.25) is 0 Å². The molecule has 0 aromatic carbocycles. The average molecular weight is 178 g/mol. The van der Waals surface area contributed by atoms with Gasteiger partial charge in [0.25, 0.3) is 0 Å². The van der Waals surface area contributed by atoms with Crippen LogP contribution in [0, 0.1) is 0 Å². The lowest BCUT2D eigenvalue weighted by Crippen LogP contribution is -1.89. The summed E-state index contributed by atoms with van der Waals surface area (Å²) < 4.78 is 3.81. The summed E-state index contributed by atoms with van der Waals surface area (Å²) in [4.78, 5) is 0. The summed E-state index contributed by atoms with van der Waals surface area (Å²) >= 11 is 0. The maximum Gasteiger partial charge on any atom is 0.167 e. The van der Waals surface area contributed by atoms with Crippen molar-refractivity contribution in [2.75, 3.05) is 0 Å². The third-order valence-corrected chi connectivity index (χ3v) is 1.70. The summed E-state index contributed by atoms with van der Waals surface area (Å²) in [5, 5.41) is 6.43. The Labute approximate surface area is 72.9 Å². The van der Waals surface area contributed by atoms with Gasteiger partial charge < -0.3 is 0 Å². The molecule has 5 heteroatoms. The van der Waals surface area contributed by atoms with E-state index >= 15 is 0 Å². The Hall–Kier alpha value is -1.49. The van der Waals surface area contributed by atoms with Crippen LogP contribution in [0.1, 0.15) is 0 Å². The van der Waals surface area contributed by atoms with Gasteiger partial charge in [0.05, 0.1) is 0 Å². The fraction of sp³-hybridized carbons (Fsp3) is 0. The van der Waals surface area contributed by atoms with Crippen molar-refractivity contribution in [3.05, 3.63) is 36.3 Å². The predicted molar refractivity (Wildman–Crippen MR) is 51.2 cm³/mol. The van der Waals surface area contributed by atoms with Crippen LogP contribution in [0.5, 0.6) is 0 Å². The fourth-order valence-corrected chi connectivity index (χ4v) is 0.987. The van der Waals surface area contributed by atoms with Crippen LogP contribution < -0.4 is 5.43 Å². The fourth-order valence-electron chi connectivity index (χ4n) is 0.557. The van der Waals surface area contributed by atoms with Gasteiger partial charge in [0.15, 0.2) is 9.29 Å². The number of aromatic amines is 1. The zero-order valence-corrected chi connectivity index (χ0v) is 7.67. The number of H-pyrrole nitrogens is 1. The van der Waals surface area contributed by atoms with Crippen LogP contribution >= 0.6 is 0 Å². The first kappa shape index (κ1) is 8.60. The molecule has 2 rings (SSSR count). The molecule has 2 N–H and O–H groups in total. The van der Waals surface area contributed by atoms with Crippen molar-refractivity contribution < 1.29 is 0 Å². The van der Waals surface area contributed by atoms with Gasteiger partial charge >= 0.3 is 0 Å². The van der Waals surface area contributed by atoms with Crippen LogP contribution in [0.25, 0.3) is 0 Å². The number of aromatic nitrogens is 2. The smallest absolute Gasteiger partial charge is 0.167 e. The van der Waals surface area contributed by atoms with Crippen LogP contribution in [0.4, 0.5) is 0 Å². The van der Waals surface area contributed by atoms with Gasteiger partial charge in [-0.25, -0.2) is 4.75 Å². The molecule has 1 aliphatic rings. The molecule has 12 heavy (non-hydrogen) atoms. The molecule has 0 radical (unpaired) electrons. The van der Waals surface area contributed by atoms with Crippen LogP contribution in [-0.2, 0) is 0 Å². The molecule has 0 aliphatic carbocycles. The molecule has 0 saturated carbocycles. The first-order valence-corrected chi connectivity index (χ1v) is 4.72. The third-order valence-electron chi connectivity index (χ3n) is 1.03. The molecule has 1 aromatic heterocycles. The van der Waals surface area contributed by atoms with Crippen molar-refractivity contribution in [1.82, 2.24) is 15.3 Å². The Morgan fingerprint density at radius 3 is 2.83 bits per heavy atom. The van der Waals surface area contributed by atoms with Gasteiger partial charge in [0, 0.05) is 18.6 Å². The van der Waals surface area contributed by atoms with Crippen molar-refractivity contribution in [1.29, 1.82) is 0 Å². The first-order chi connectivity index (χ1) is 6.00. The molecule has 0 amide bonds. The topological polar surface area (TPSA) is 53.1 Å². The van der Waals surface area contributed by atoms with E-state index in [2.05, 4.69) is 20.4 Å². The quantitative estimate of drug-likeness (QED) is 0.555. The number of allylic oxidation sites excluding steroid dienone is 3. The van der Waals surface area contributed by atoms with E-state index in [0.717, 1.165) is 0 Å². The second-order valence-electron chi connectivity index (χ2n) is 1.92. The molecular formula is C7H10N4Si. The van der Waals surface area contributed by atoms with Crippen molar-refractivity contribution in [3.8, 4) is 0 Å². The van der Waals surface area contributed by atoms with E-state index in [1.54, 1.807) is 12.4 Å². The third kappa shape index (κ3) is 4.34. The number of nitrogens with zero attached hydrogens (tertiary/aromatic N) is 2. The van der Waals surface area contributed by atoms with Gasteiger partial charge in [-0.3, -0.25) is 10.5 Å². The lowest BCUT2D eigenvalue weighted by atomic mass is 10.5. The zero-order chi connectivity index (χ0) is 8.49. The summed E-state index contributed by atoms with van der Waals surface area (Å²) in [6, 6.07) is 0. The summed E-state index contributed by atoms with van der Waals surface area (Å²) in [7, 11) is 0.259. The molecule has 4 nitrogen and oxygen atoms in total. The van der Waals surface area contributed by atoms with Gasteiger partial charge in [-0.1, -0.05) is 6.08 Å². The highest BCUT2D eigenvalue weighted by atomic mass is 28.2. The molecule has 0 atom stereocenters. The Morgan fingerprint density at radius 1 is 1.17 bits per heavy atom. The largest absolute Gasteiger partial charge is 0.296 e. The van der Waals surface area contributed by atoms with Crippen LogP contribution in [0.15, 0.2) is 41.4 Å². The first-order valence-electron chi connectivity index (χ1n) is 3.54. The van der Waals surface area contributed by atoms with Gasteiger partial charge in [0.2, 0.25) is 0 Å². The molecule has 62 valence electrons. The Bertz CT molecular complexity index is 232. The number of hydrogen-bond donors (Lipinski definition) is 2.